The Morgan fingerprint density at radius 3 is 2.76 bits per heavy atom. The summed E-state index contributed by atoms with van der Waals surface area (Å²) in [7, 11) is 0. The summed E-state index contributed by atoms with van der Waals surface area (Å²) in [5.41, 5.74) is 3.24. The molecule has 0 atom stereocenters. The van der Waals surface area contributed by atoms with Gasteiger partial charge in [0.1, 0.15) is 5.71 Å². The number of carbonyl (C=O) groups excluding carboxylic acids is 2. The summed E-state index contributed by atoms with van der Waals surface area (Å²) < 4.78 is 0. The van der Waals surface area contributed by atoms with E-state index < -0.39 is 0 Å². The highest BCUT2D eigenvalue weighted by Crippen LogP contribution is 2.26. The van der Waals surface area contributed by atoms with E-state index in [9.17, 15) is 9.59 Å². The fraction of sp³-hybridized carbons (Fsp3) is 0.438. The van der Waals surface area contributed by atoms with Crippen molar-refractivity contribution in [2.45, 2.75) is 45.6 Å². The number of rotatable bonds is 3. The maximum atomic E-state index is 12.1. The molecule has 2 amide bonds. The number of nitrogens with zero attached hydrogens (tertiary/aromatic N) is 2. The SMILES string of the molecule is Cc1ccc(C)c(N2N=C(C(=O)NC3CC3)CCC2=O)c1. The number of nitrogens with one attached hydrogen (secondary N) is 1. The molecule has 0 spiro atoms. The summed E-state index contributed by atoms with van der Waals surface area (Å²) >= 11 is 0. The Morgan fingerprint density at radius 2 is 2.05 bits per heavy atom. The summed E-state index contributed by atoms with van der Waals surface area (Å²) in [6.45, 7) is 3.91. The van der Waals surface area contributed by atoms with Crippen molar-refractivity contribution in [1.29, 1.82) is 0 Å². The Labute approximate surface area is 124 Å². The van der Waals surface area contributed by atoms with Gasteiger partial charge in [-0.15, -0.1) is 0 Å². The van der Waals surface area contributed by atoms with Gasteiger partial charge in [0.05, 0.1) is 5.69 Å². The molecule has 1 aromatic carbocycles. The Kier molecular flexibility index (Phi) is 3.49. The zero-order valence-corrected chi connectivity index (χ0v) is 12.3. The third kappa shape index (κ3) is 2.96. The van der Waals surface area contributed by atoms with Crippen LogP contribution in [0.5, 0.6) is 0 Å². The lowest BCUT2D eigenvalue weighted by atomic mass is 10.1. The van der Waals surface area contributed by atoms with Gasteiger partial charge in [-0.25, -0.2) is 5.01 Å². The van der Waals surface area contributed by atoms with Crippen molar-refractivity contribution in [3.63, 3.8) is 0 Å². The lowest BCUT2D eigenvalue weighted by molar-refractivity contribution is -0.119. The van der Waals surface area contributed by atoms with E-state index in [4.69, 9.17) is 0 Å². The first kappa shape index (κ1) is 13.8. The number of hydrogen-bond acceptors (Lipinski definition) is 3. The van der Waals surface area contributed by atoms with E-state index in [1.54, 1.807) is 0 Å². The molecule has 110 valence electrons. The average Bonchev–Trinajstić information content (AvgIpc) is 3.26. The van der Waals surface area contributed by atoms with Crippen molar-refractivity contribution >= 4 is 23.2 Å². The monoisotopic (exact) mass is 285 g/mol. The molecule has 0 saturated heterocycles. The van der Waals surface area contributed by atoms with Gasteiger partial charge < -0.3 is 5.32 Å². The molecule has 5 heteroatoms. The van der Waals surface area contributed by atoms with Crippen LogP contribution in [0, 0.1) is 13.8 Å². The highest BCUT2D eigenvalue weighted by molar-refractivity contribution is 6.40. The van der Waals surface area contributed by atoms with Gasteiger partial charge in [0.25, 0.3) is 5.91 Å². The maximum Gasteiger partial charge on any atom is 0.267 e. The zero-order chi connectivity index (χ0) is 15.0. The minimum Gasteiger partial charge on any atom is -0.348 e. The van der Waals surface area contributed by atoms with Gasteiger partial charge >= 0.3 is 0 Å². The minimum atomic E-state index is -0.139. The highest BCUT2D eigenvalue weighted by atomic mass is 16.2. The fourth-order valence-electron chi connectivity index (χ4n) is 2.35. The number of hydrogen-bond donors (Lipinski definition) is 1. The van der Waals surface area contributed by atoms with E-state index in [1.807, 2.05) is 32.0 Å². The van der Waals surface area contributed by atoms with Crippen molar-refractivity contribution in [3.8, 4) is 0 Å². The lowest BCUT2D eigenvalue weighted by Crippen LogP contribution is -2.40. The van der Waals surface area contributed by atoms with Gasteiger partial charge in [0.2, 0.25) is 5.91 Å². The largest absolute Gasteiger partial charge is 0.348 e. The predicted molar refractivity (Wildman–Crippen MR) is 81.2 cm³/mol. The van der Waals surface area contributed by atoms with Gasteiger partial charge in [-0.1, -0.05) is 12.1 Å². The van der Waals surface area contributed by atoms with Crippen LogP contribution >= 0.6 is 0 Å². The van der Waals surface area contributed by atoms with E-state index in [0.29, 0.717) is 24.6 Å². The first-order valence-electron chi connectivity index (χ1n) is 7.33. The lowest BCUT2D eigenvalue weighted by Gasteiger charge is -2.24. The maximum absolute atomic E-state index is 12.1. The second-order valence-corrected chi connectivity index (χ2v) is 5.79. The third-order valence-corrected chi connectivity index (χ3v) is 3.80. The molecule has 2 aliphatic rings. The molecule has 1 aromatic rings. The van der Waals surface area contributed by atoms with Crippen molar-refractivity contribution in [2.24, 2.45) is 5.10 Å². The third-order valence-electron chi connectivity index (χ3n) is 3.80. The smallest absolute Gasteiger partial charge is 0.267 e. The quantitative estimate of drug-likeness (QED) is 0.924. The molecule has 3 rings (SSSR count). The van der Waals surface area contributed by atoms with E-state index >= 15 is 0 Å². The average molecular weight is 285 g/mol. The number of carbonyl (C=O) groups is 2. The molecule has 0 unspecified atom stereocenters. The molecule has 0 aromatic heterocycles. The number of anilines is 1. The summed E-state index contributed by atoms with van der Waals surface area (Å²) in [5.74, 6) is -0.202. The van der Waals surface area contributed by atoms with Crippen LogP contribution in [-0.4, -0.2) is 23.6 Å². The van der Waals surface area contributed by atoms with Crippen LogP contribution in [0.15, 0.2) is 23.3 Å². The van der Waals surface area contributed by atoms with Gasteiger partial charge in [0, 0.05) is 18.9 Å². The molecule has 1 fully saturated rings. The van der Waals surface area contributed by atoms with Crippen LogP contribution in [0.2, 0.25) is 0 Å². The summed E-state index contributed by atoms with van der Waals surface area (Å²) in [4.78, 5) is 24.3. The second kappa shape index (κ2) is 5.31. The Bertz CT molecular complexity index is 632. The highest BCUT2D eigenvalue weighted by Gasteiger charge is 2.30. The molecule has 5 nitrogen and oxygen atoms in total. The van der Waals surface area contributed by atoms with E-state index in [-0.39, 0.29) is 11.8 Å². The molecular formula is C16H19N3O2. The van der Waals surface area contributed by atoms with Crippen molar-refractivity contribution in [2.75, 3.05) is 5.01 Å². The van der Waals surface area contributed by atoms with Crippen LogP contribution in [0.4, 0.5) is 5.69 Å². The Morgan fingerprint density at radius 1 is 1.29 bits per heavy atom. The molecule has 1 aliphatic carbocycles. The van der Waals surface area contributed by atoms with E-state index in [0.717, 1.165) is 29.7 Å². The molecule has 21 heavy (non-hydrogen) atoms. The first-order valence-corrected chi connectivity index (χ1v) is 7.33. The topological polar surface area (TPSA) is 61.8 Å². The van der Waals surface area contributed by atoms with E-state index in [2.05, 4.69) is 10.4 Å². The van der Waals surface area contributed by atoms with Gasteiger partial charge in [-0.2, -0.15) is 5.10 Å². The minimum absolute atomic E-state index is 0.0633. The normalized spacial score (nSPS) is 18.5. The van der Waals surface area contributed by atoms with Gasteiger partial charge in [0.15, 0.2) is 0 Å². The van der Waals surface area contributed by atoms with Gasteiger partial charge in [-0.3, -0.25) is 9.59 Å². The molecule has 0 radical (unpaired) electrons. The van der Waals surface area contributed by atoms with Crippen molar-refractivity contribution in [3.05, 3.63) is 29.3 Å². The van der Waals surface area contributed by atoms with Crippen LogP contribution in [-0.2, 0) is 9.59 Å². The molecule has 1 N–H and O–H groups in total. The van der Waals surface area contributed by atoms with E-state index in [1.165, 1.54) is 5.01 Å². The van der Waals surface area contributed by atoms with Crippen LogP contribution < -0.4 is 10.3 Å². The number of hydrazone groups is 1. The zero-order valence-electron chi connectivity index (χ0n) is 12.3. The molecule has 0 bridgehead atoms. The first-order chi connectivity index (χ1) is 10.0. The molecular weight excluding hydrogens is 266 g/mol. The van der Waals surface area contributed by atoms with Gasteiger partial charge in [-0.05, 0) is 43.9 Å². The number of aryl methyl sites for hydroxylation is 2. The Hall–Kier alpha value is -2.17. The number of benzene rings is 1. The summed E-state index contributed by atoms with van der Waals surface area (Å²) in [6, 6.07) is 6.19. The second-order valence-electron chi connectivity index (χ2n) is 5.79. The van der Waals surface area contributed by atoms with Crippen molar-refractivity contribution < 1.29 is 9.59 Å². The standard InChI is InChI=1S/C16H19N3O2/c1-10-3-4-11(2)14(9-10)19-15(20)8-7-13(18-19)16(21)17-12-5-6-12/h3-4,9,12H,5-8H2,1-2H3,(H,17,21). The van der Waals surface area contributed by atoms with Crippen LogP contribution in [0.25, 0.3) is 0 Å². The summed E-state index contributed by atoms with van der Waals surface area (Å²) in [6.07, 6.45) is 2.82. The fourth-order valence-corrected chi connectivity index (χ4v) is 2.35. The molecule has 1 saturated carbocycles. The predicted octanol–water partition coefficient (Wildman–Crippen LogP) is 2.06. The van der Waals surface area contributed by atoms with Crippen molar-refractivity contribution in [1.82, 2.24) is 5.32 Å². The summed E-state index contributed by atoms with van der Waals surface area (Å²) in [5, 5.41) is 8.62. The Balaban J connectivity index is 1.89. The van der Waals surface area contributed by atoms with Crippen LogP contribution in [0.1, 0.15) is 36.8 Å². The molecule has 1 heterocycles. The molecule has 1 aliphatic heterocycles. The van der Waals surface area contributed by atoms with Crippen LogP contribution in [0.3, 0.4) is 0 Å². The number of amides is 2.